The van der Waals surface area contributed by atoms with Crippen molar-refractivity contribution >= 4 is 5.69 Å². The summed E-state index contributed by atoms with van der Waals surface area (Å²) in [6.45, 7) is 3.27. The molecule has 0 bridgehead atoms. The lowest BCUT2D eigenvalue weighted by molar-refractivity contribution is 0.0842. The summed E-state index contributed by atoms with van der Waals surface area (Å²) in [4.78, 5) is 2.51. The first-order valence-electron chi connectivity index (χ1n) is 5.61. The molecule has 3 nitrogen and oxygen atoms in total. The topological polar surface area (TPSA) is 38.5 Å². The number of ether oxygens (including phenoxy) is 1. The monoisotopic (exact) mass is 204 g/mol. The van der Waals surface area contributed by atoms with Crippen LogP contribution in [-0.2, 0) is 0 Å². The fraction of sp³-hybridized carbons (Fsp3) is 0.500. The van der Waals surface area contributed by atoms with Crippen LogP contribution in [0, 0.1) is 0 Å². The highest BCUT2D eigenvalue weighted by atomic mass is 16.5. The fourth-order valence-electron chi connectivity index (χ4n) is 2.43. The van der Waals surface area contributed by atoms with E-state index in [0.717, 1.165) is 24.5 Å². The average Bonchev–Trinajstić information content (AvgIpc) is 2.16. The smallest absolute Gasteiger partial charge is 0.124 e. The van der Waals surface area contributed by atoms with Crippen molar-refractivity contribution < 1.29 is 4.74 Å². The van der Waals surface area contributed by atoms with Crippen LogP contribution in [0.2, 0.25) is 0 Å². The Morgan fingerprint density at radius 3 is 2.93 bits per heavy atom. The average molecular weight is 204 g/mol. The zero-order valence-electron chi connectivity index (χ0n) is 8.78. The number of anilines is 1. The molecule has 80 valence electrons. The third kappa shape index (κ3) is 1.47. The van der Waals surface area contributed by atoms with Crippen LogP contribution >= 0.6 is 0 Å². The minimum atomic E-state index is 0.533. The molecule has 3 rings (SSSR count). The molecule has 1 fully saturated rings. The van der Waals surface area contributed by atoms with E-state index in [4.69, 9.17) is 10.5 Å². The Bertz CT molecular complexity index is 374. The van der Waals surface area contributed by atoms with Crippen molar-refractivity contribution in [2.45, 2.75) is 18.9 Å². The number of nitrogen functional groups attached to an aromatic ring is 1. The molecule has 0 amide bonds. The molecule has 0 spiro atoms. The lowest BCUT2D eigenvalue weighted by Crippen LogP contribution is -2.42. The van der Waals surface area contributed by atoms with Gasteiger partial charge >= 0.3 is 0 Å². The summed E-state index contributed by atoms with van der Waals surface area (Å²) in [6, 6.07) is 6.51. The molecule has 0 aliphatic carbocycles. The molecule has 1 saturated heterocycles. The van der Waals surface area contributed by atoms with E-state index in [1.807, 2.05) is 12.1 Å². The highest BCUT2D eigenvalue weighted by Gasteiger charge is 2.30. The van der Waals surface area contributed by atoms with E-state index in [2.05, 4.69) is 11.0 Å². The van der Waals surface area contributed by atoms with Crippen LogP contribution in [0.25, 0.3) is 0 Å². The van der Waals surface area contributed by atoms with Crippen molar-refractivity contribution in [3.8, 4) is 5.75 Å². The van der Waals surface area contributed by atoms with Crippen LogP contribution in [0.3, 0.4) is 0 Å². The fourth-order valence-corrected chi connectivity index (χ4v) is 2.43. The zero-order valence-corrected chi connectivity index (χ0v) is 8.78. The summed E-state index contributed by atoms with van der Waals surface area (Å²) in [7, 11) is 0. The molecule has 2 heterocycles. The minimum Gasteiger partial charge on any atom is -0.493 e. The molecule has 0 saturated carbocycles. The molecule has 1 unspecified atom stereocenters. The number of fused-ring (bicyclic) bond motifs is 1. The Morgan fingerprint density at radius 1 is 1.33 bits per heavy atom. The van der Waals surface area contributed by atoms with Crippen LogP contribution in [0.4, 0.5) is 5.69 Å². The minimum absolute atomic E-state index is 0.533. The Kier molecular flexibility index (Phi) is 2.06. The predicted octanol–water partition coefficient (Wildman–Crippen LogP) is 1.80. The number of rotatable bonds is 1. The molecule has 3 heteroatoms. The summed E-state index contributed by atoms with van der Waals surface area (Å²) in [5.74, 6) is 1.02. The largest absolute Gasteiger partial charge is 0.493 e. The molecule has 15 heavy (non-hydrogen) atoms. The van der Waals surface area contributed by atoms with Gasteiger partial charge in [0.15, 0.2) is 0 Å². The maximum atomic E-state index is 5.83. The summed E-state index contributed by atoms with van der Waals surface area (Å²) < 4.78 is 5.65. The highest BCUT2D eigenvalue weighted by molar-refractivity contribution is 5.50. The van der Waals surface area contributed by atoms with E-state index >= 15 is 0 Å². The molecule has 2 N–H and O–H groups in total. The first-order valence-corrected chi connectivity index (χ1v) is 5.61. The Balaban J connectivity index is 1.96. The molecule has 2 aliphatic rings. The van der Waals surface area contributed by atoms with Gasteiger partial charge in [-0.25, -0.2) is 0 Å². The van der Waals surface area contributed by atoms with Gasteiger partial charge in [-0.3, -0.25) is 4.90 Å². The van der Waals surface area contributed by atoms with Gasteiger partial charge in [0, 0.05) is 23.7 Å². The van der Waals surface area contributed by atoms with Gasteiger partial charge in [0.25, 0.3) is 0 Å². The zero-order chi connectivity index (χ0) is 10.3. The standard InChI is InChI=1S/C12H16N2O/c13-9-2-3-12-10(8-9)11(4-7-15-12)14-5-1-6-14/h2-3,8,11H,1,4-7,13H2. The van der Waals surface area contributed by atoms with Gasteiger partial charge in [-0.15, -0.1) is 0 Å². The summed E-state index contributed by atoms with van der Waals surface area (Å²) in [5, 5.41) is 0. The van der Waals surface area contributed by atoms with Crippen LogP contribution in [0.5, 0.6) is 5.75 Å². The van der Waals surface area contributed by atoms with E-state index in [9.17, 15) is 0 Å². The van der Waals surface area contributed by atoms with Crippen LogP contribution in [0.1, 0.15) is 24.4 Å². The third-order valence-corrected chi connectivity index (χ3v) is 3.37. The predicted molar refractivity (Wildman–Crippen MR) is 59.9 cm³/mol. The van der Waals surface area contributed by atoms with Gasteiger partial charge in [-0.1, -0.05) is 0 Å². The van der Waals surface area contributed by atoms with Gasteiger partial charge in [0.2, 0.25) is 0 Å². The maximum absolute atomic E-state index is 5.83. The van der Waals surface area contributed by atoms with Crippen molar-refractivity contribution in [1.29, 1.82) is 0 Å². The highest BCUT2D eigenvalue weighted by Crippen LogP contribution is 2.38. The third-order valence-electron chi connectivity index (χ3n) is 3.37. The van der Waals surface area contributed by atoms with Crippen molar-refractivity contribution in [3.63, 3.8) is 0 Å². The lowest BCUT2D eigenvalue weighted by atomic mass is 9.96. The molecule has 0 radical (unpaired) electrons. The number of benzene rings is 1. The SMILES string of the molecule is Nc1ccc2c(c1)C(N1CCC1)CCO2. The van der Waals surface area contributed by atoms with Gasteiger partial charge in [-0.05, 0) is 37.7 Å². The van der Waals surface area contributed by atoms with Gasteiger partial charge in [0.05, 0.1) is 6.61 Å². The second kappa shape index (κ2) is 3.42. The molecule has 1 aromatic carbocycles. The molecular weight excluding hydrogens is 188 g/mol. The Morgan fingerprint density at radius 2 is 2.20 bits per heavy atom. The van der Waals surface area contributed by atoms with Crippen molar-refractivity contribution in [2.24, 2.45) is 0 Å². The first-order chi connectivity index (χ1) is 7.34. The second-order valence-electron chi connectivity index (χ2n) is 4.34. The molecule has 2 aliphatic heterocycles. The van der Waals surface area contributed by atoms with E-state index in [1.165, 1.54) is 25.1 Å². The Labute approximate surface area is 89.8 Å². The second-order valence-corrected chi connectivity index (χ2v) is 4.34. The molecule has 1 aromatic rings. The first kappa shape index (κ1) is 9.04. The van der Waals surface area contributed by atoms with Gasteiger partial charge in [-0.2, -0.15) is 0 Å². The molecule has 0 aromatic heterocycles. The molecular formula is C12H16N2O. The van der Waals surface area contributed by atoms with E-state index in [-0.39, 0.29) is 0 Å². The normalized spacial score (nSPS) is 25.2. The van der Waals surface area contributed by atoms with E-state index in [0.29, 0.717) is 6.04 Å². The van der Waals surface area contributed by atoms with Crippen molar-refractivity contribution in [1.82, 2.24) is 4.90 Å². The van der Waals surface area contributed by atoms with Gasteiger partial charge < -0.3 is 10.5 Å². The lowest BCUT2D eigenvalue weighted by Gasteiger charge is -2.41. The quantitative estimate of drug-likeness (QED) is 0.709. The number of hydrogen-bond donors (Lipinski definition) is 1. The number of nitrogens with two attached hydrogens (primary N) is 1. The van der Waals surface area contributed by atoms with Crippen LogP contribution in [0.15, 0.2) is 18.2 Å². The van der Waals surface area contributed by atoms with Crippen molar-refractivity contribution in [2.75, 3.05) is 25.4 Å². The van der Waals surface area contributed by atoms with Gasteiger partial charge in [0.1, 0.15) is 5.75 Å². The molecule has 1 atom stereocenters. The number of likely N-dealkylation sites (tertiary alicyclic amines) is 1. The number of nitrogens with zero attached hydrogens (tertiary/aromatic N) is 1. The summed E-state index contributed by atoms with van der Waals surface area (Å²) in [6.07, 6.45) is 2.42. The van der Waals surface area contributed by atoms with Crippen molar-refractivity contribution in [3.05, 3.63) is 23.8 Å². The maximum Gasteiger partial charge on any atom is 0.124 e. The van der Waals surface area contributed by atoms with E-state index < -0.39 is 0 Å². The Hall–Kier alpha value is -1.22. The van der Waals surface area contributed by atoms with Crippen LogP contribution in [-0.4, -0.2) is 24.6 Å². The van der Waals surface area contributed by atoms with Crippen LogP contribution < -0.4 is 10.5 Å². The number of hydrogen-bond acceptors (Lipinski definition) is 3. The van der Waals surface area contributed by atoms with E-state index in [1.54, 1.807) is 0 Å². The summed E-state index contributed by atoms with van der Waals surface area (Å²) >= 11 is 0. The summed E-state index contributed by atoms with van der Waals surface area (Å²) in [5.41, 5.74) is 7.95.